The number of nitrogens with zero attached hydrogens (tertiary/aromatic N) is 2. The van der Waals surface area contributed by atoms with Crippen LogP contribution in [0, 0.1) is 11.8 Å². The van der Waals surface area contributed by atoms with Crippen molar-refractivity contribution in [3.8, 4) is 11.5 Å². The predicted octanol–water partition coefficient (Wildman–Crippen LogP) is 10.3. The largest absolute Gasteiger partial charge is 0.497 e. The molecule has 292 valence electrons. The number of fused-ring (bicyclic) bond motifs is 10. The summed E-state index contributed by atoms with van der Waals surface area (Å²) in [6, 6.07) is 26.7. The van der Waals surface area contributed by atoms with Gasteiger partial charge in [-0.2, -0.15) is 0 Å². The lowest BCUT2D eigenvalue weighted by Gasteiger charge is -2.37. The maximum Gasteiger partial charge on any atom is 0.212 e. The zero-order valence-corrected chi connectivity index (χ0v) is 33.9. The van der Waals surface area contributed by atoms with Crippen LogP contribution in [-0.2, 0) is 0 Å². The maximum absolute atomic E-state index is 5.62. The van der Waals surface area contributed by atoms with Crippen molar-refractivity contribution in [2.24, 2.45) is 11.8 Å². The van der Waals surface area contributed by atoms with Gasteiger partial charge in [-0.25, -0.2) is 9.97 Å². The van der Waals surface area contributed by atoms with E-state index in [0.717, 1.165) is 60.5 Å². The van der Waals surface area contributed by atoms with Crippen molar-refractivity contribution in [3.05, 3.63) is 96.6 Å². The molecule has 8 nitrogen and oxygen atoms in total. The number of ether oxygens (including phenoxy) is 2. The van der Waals surface area contributed by atoms with Gasteiger partial charge in [0.25, 0.3) is 0 Å². The van der Waals surface area contributed by atoms with Gasteiger partial charge in [-0.05, 0) is 137 Å². The van der Waals surface area contributed by atoms with Gasteiger partial charge < -0.3 is 19.4 Å². The van der Waals surface area contributed by atoms with Crippen LogP contribution in [0.2, 0.25) is 0 Å². The summed E-state index contributed by atoms with van der Waals surface area (Å²) < 4.78 is 11.2. The quantitative estimate of drug-likeness (QED) is 0.145. The van der Waals surface area contributed by atoms with Gasteiger partial charge in [0.05, 0.1) is 35.8 Å². The highest BCUT2D eigenvalue weighted by Crippen LogP contribution is 2.40. The molecule has 57 heavy (non-hydrogen) atoms. The molecule has 6 heterocycles. The maximum atomic E-state index is 5.62. The lowest BCUT2D eigenvalue weighted by Crippen LogP contribution is -2.36. The standard InChI is InChI=1S/C49H54N6O2/c1-30(48-44-34(16-22-50-48)8-12-42-46(44)38-28-36(56-3)10-14-40(38)52-42)54-24-18-32(19-25-54)6-5-7-33-20-26-55(27-21-33)31(2)49-45-35(17-23-51-49)9-13-43-47(45)39-29-37(57-4)11-15-41(39)53-43/h8-17,22-23,28-33,50-51H,5-7,18-21,24-27H2,1-4H3/p+2. The summed E-state index contributed by atoms with van der Waals surface area (Å²) in [7, 11) is 3.49. The molecule has 0 spiro atoms. The molecule has 4 aromatic carbocycles. The molecule has 2 saturated heterocycles. The minimum atomic E-state index is 0.312. The van der Waals surface area contributed by atoms with Gasteiger partial charge in [0, 0.05) is 70.9 Å². The zero-order valence-electron chi connectivity index (χ0n) is 33.9. The summed E-state index contributed by atoms with van der Waals surface area (Å²) >= 11 is 0. The number of benzene rings is 4. The Morgan fingerprint density at radius 1 is 0.561 bits per heavy atom. The molecule has 2 atom stereocenters. The summed E-state index contributed by atoms with van der Waals surface area (Å²) in [6.45, 7) is 9.43. The van der Waals surface area contributed by atoms with Crippen LogP contribution in [0.5, 0.6) is 11.5 Å². The molecule has 10 rings (SSSR count). The summed E-state index contributed by atoms with van der Waals surface area (Å²) in [6.07, 6.45) is 13.5. The van der Waals surface area contributed by atoms with Crippen LogP contribution in [0.3, 0.4) is 0 Å². The van der Waals surface area contributed by atoms with Crippen molar-refractivity contribution in [1.29, 1.82) is 0 Å². The lowest BCUT2D eigenvalue weighted by atomic mass is 9.86. The Kier molecular flexibility index (Phi) is 9.50. The first kappa shape index (κ1) is 36.2. The van der Waals surface area contributed by atoms with E-state index in [9.17, 15) is 0 Å². The van der Waals surface area contributed by atoms with Gasteiger partial charge in [-0.1, -0.05) is 19.3 Å². The summed E-state index contributed by atoms with van der Waals surface area (Å²) in [5.41, 5.74) is 7.27. The second-order valence-electron chi connectivity index (χ2n) is 17.0. The van der Waals surface area contributed by atoms with E-state index in [-0.39, 0.29) is 0 Å². The van der Waals surface area contributed by atoms with E-state index in [1.54, 1.807) is 14.2 Å². The molecule has 0 amide bonds. The number of methoxy groups -OCH3 is 2. The monoisotopic (exact) mass is 760 g/mol. The fourth-order valence-electron chi connectivity index (χ4n) is 10.6. The highest BCUT2D eigenvalue weighted by atomic mass is 16.5. The Labute approximate surface area is 334 Å². The van der Waals surface area contributed by atoms with Crippen LogP contribution in [-0.4, -0.2) is 60.2 Å². The number of nitrogens with one attached hydrogen (secondary N) is 4. The molecule has 0 saturated carbocycles. The second kappa shape index (κ2) is 15.0. The molecule has 4 aromatic heterocycles. The fourth-order valence-corrected chi connectivity index (χ4v) is 10.6. The van der Waals surface area contributed by atoms with Gasteiger partial charge >= 0.3 is 0 Å². The molecule has 0 aliphatic carbocycles. The highest BCUT2D eigenvalue weighted by Gasteiger charge is 2.29. The first-order chi connectivity index (χ1) is 28.0. The normalized spacial score (nSPS) is 17.8. The summed E-state index contributed by atoms with van der Waals surface area (Å²) in [4.78, 5) is 20.2. The van der Waals surface area contributed by atoms with Gasteiger partial charge in [-0.15, -0.1) is 0 Å². The van der Waals surface area contributed by atoms with E-state index in [1.165, 1.54) is 110 Å². The van der Waals surface area contributed by atoms with Gasteiger partial charge in [-0.3, -0.25) is 9.80 Å². The third-order valence-corrected chi connectivity index (χ3v) is 14.0. The van der Waals surface area contributed by atoms with Crippen LogP contribution < -0.4 is 19.4 Å². The minimum absolute atomic E-state index is 0.312. The number of hydrogen-bond acceptors (Lipinski definition) is 4. The van der Waals surface area contributed by atoms with Crippen LogP contribution in [0.1, 0.15) is 82.3 Å². The Bertz CT molecular complexity index is 2550. The Morgan fingerprint density at radius 3 is 1.40 bits per heavy atom. The predicted molar refractivity (Wildman–Crippen MR) is 232 cm³/mol. The number of rotatable bonds is 10. The summed E-state index contributed by atoms with van der Waals surface area (Å²) in [5, 5.41) is 10.2. The van der Waals surface area contributed by atoms with E-state index < -0.39 is 0 Å². The smallest absolute Gasteiger partial charge is 0.212 e. The molecule has 4 N–H and O–H groups in total. The first-order valence-electron chi connectivity index (χ1n) is 21.3. The Hall–Kier alpha value is -5.18. The lowest BCUT2D eigenvalue weighted by molar-refractivity contribution is -0.308. The third kappa shape index (κ3) is 6.47. The molecule has 2 aliphatic heterocycles. The number of piperidine rings is 2. The van der Waals surface area contributed by atoms with E-state index in [4.69, 9.17) is 9.47 Å². The van der Waals surface area contributed by atoms with E-state index >= 15 is 0 Å². The topological polar surface area (TPSA) is 84.8 Å². The van der Waals surface area contributed by atoms with E-state index in [2.05, 4.69) is 117 Å². The third-order valence-electron chi connectivity index (χ3n) is 14.0. The van der Waals surface area contributed by atoms with Crippen LogP contribution in [0.4, 0.5) is 0 Å². The number of aromatic nitrogens is 4. The van der Waals surface area contributed by atoms with Crippen LogP contribution in [0.15, 0.2) is 85.2 Å². The molecule has 2 fully saturated rings. The number of H-pyrrole nitrogens is 4. The number of hydrogen-bond donors (Lipinski definition) is 2. The van der Waals surface area contributed by atoms with Gasteiger partial charge in [0.2, 0.25) is 22.1 Å². The van der Waals surface area contributed by atoms with E-state index in [0.29, 0.717) is 12.1 Å². The number of aromatic amines is 4. The fraction of sp³-hybridized carbons (Fsp3) is 0.388. The molecular weight excluding hydrogens is 705 g/mol. The first-order valence-corrected chi connectivity index (χ1v) is 21.3. The zero-order chi connectivity index (χ0) is 38.6. The van der Waals surface area contributed by atoms with Crippen molar-refractivity contribution in [2.75, 3.05) is 40.4 Å². The van der Waals surface area contributed by atoms with Crippen LogP contribution >= 0.6 is 0 Å². The number of likely N-dealkylation sites (tertiary alicyclic amines) is 2. The second-order valence-corrected chi connectivity index (χ2v) is 17.0. The van der Waals surface area contributed by atoms with Crippen molar-refractivity contribution in [2.45, 2.75) is 70.9 Å². The molecule has 2 aliphatic rings. The summed E-state index contributed by atoms with van der Waals surface area (Å²) in [5.74, 6) is 3.45. The minimum Gasteiger partial charge on any atom is -0.497 e. The van der Waals surface area contributed by atoms with Crippen molar-refractivity contribution >= 4 is 65.2 Å². The van der Waals surface area contributed by atoms with Gasteiger partial charge in [0.1, 0.15) is 11.5 Å². The number of pyridine rings is 2. The molecule has 0 bridgehead atoms. The molecule has 8 aromatic rings. The molecular formula is C49H56N6O2+2. The highest BCUT2D eigenvalue weighted by molar-refractivity contribution is 6.20. The molecule has 8 heteroatoms. The van der Waals surface area contributed by atoms with Crippen molar-refractivity contribution < 1.29 is 19.4 Å². The Balaban J connectivity index is 0.758. The van der Waals surface area contributed by atoms with Gasteiger partial charge in [0.15, 0.2) is 0 Å². The average Bonchev–Trinajstić information content (AvgIpc) is 3.83. The van der Waals surface area contributed by atoms with E-state index in [1.807, 2.05) is 12.1 Å². The molecule has 2 unspecified atom stereocenters. The van der Waals surface area contributed by atoms with Crippen molar-refractivity contribution in [3.63, 3.8) is 0 Å². The Morgan fingerprint density at radius 2 is 0.982 bits per heavy atom. The average molecular weight is 761 g/mol. The van der Waals surface area contributed by atoms with Crippen LogP contribution in [0.25, 0.3) is 65.2 Å². The molecule has 0 radical (unpaired) electrons. The van der Waals surface area contributed by atoms with Crippen molar-refractivity contribution in [1.82, 2.24) is 19.8 Å². The SMILES string of the molecule is COc1ccc2[nH+]c3ccc4cc[nH]c(C(C)N5CCC(CCCC6CCN(C(C)c7[nH]ccc8ccc9[nH+]c%10ccc(OC)cc%10c9c78)CC6)CC5)c4c3c2c1.